The third kappa shape index (κ3) is 6.99. The van der Waals surface area contributed by atoms with Crippen molar-refractivity contribution in [3.63, 3.8) is 0 Å². The van der Waals surface area contributed by atoms with E-state index in [1.54, 1.807) is 13.3 Å². The first kappa shape index (κ1) is 29.7. The molecule has 0 bridgehead atoms. The summed E-state index contributed by atoms with van der Waals surface area (Å²) in [5.41, 5.74) is 1.05. The quantitative estimate of drug-likeness (QED) is 0.266. The van der Waals surface area contributed by atoms with E-state index >= 15 is 0 Å². The lowest BCUT2D eigenvalue weighted by Gasteiger charge is -2.25. The van der Waals surface area contributed by atoms with Gasteiger partial charge >= 0.3 is 6.18 Å². The summed E-state index contributed by atoms with van der Waals surface area (Å²) in [4.78, 5) is 9.56. The molecule has 2 aromatic carbocycles. The lowest BCUT2D eigenvalue weighted by Crippen LogP contribution is -2.32. The molecular weight excluding hydrogens is 574 g/mol. The third-order valence-electron chi connectivity index (χ3n) is 7.77. The zero-order valence-corrected chi connectivity index (χ0v) is 24.5. The van der Waals surface area contributed by atoms with E-state index in [9.17, 15) is 17.7 Å². The number of benzene rings is 2. The van der Waals surface area contributed by atoms with Gasteiger partial charge in [0.05, 0.1) is 30.3 Å². The van der Waals surface area contributed by atoms with Crippen LogP contribution in [0.5, 0.6) is 5.75 Å². The van der Waals surface area contributed by atoms with Gasteiger partial charge in [-0.15, -0.1) is 0 Å². The number of nitrogens with one attached hydrogen (secondary N) is 3. The van der Waals surface area contributed by atoms with Crippen LogP contribution in [0.15, 0.2) is 42.6 Å². The number of methoxy groups -OCH3 is 1. The summed E-state index contributed by atoms with van der Waals surface area (Å²) in [5, 5.41) is 11.0. The van der Waals surface area contributed by atoms with Gasteiger partial charge in [0.25, 0.3) is 0 Å². The summed E-state index contributed by atoms with van der Waals surface area (Å²) in [6.07, 6.45) is 2.30. The van der Waals surface area contributed by atoms with E-state index < -0.39 is 18.9 Å². The number of alkyl halides is 3. The Morgan fingerprint density at radius 2 is 1.90 bits per heavy atom. The molecular formula is C29H34ClF3N5O2P. The van der Waals surface area contributed by atoms with Crippen molar-refractivity contribution in [2.75, 3.05) is 49.7 Å². The van der Waals surface area contributed by atoms with Gasteiger partial charge in [0, 0.05) is 48.2 Å². The summed E-state index contributed by atoms with van der Waals surface area (Å²) in [5.74, 6) is 1.45. The van der Waals surface area contributed by atoms with Crippen LogP contribution in [0.1, 0.15) is 48.4 Å². The maximum Gasteiger partial charge on any atom is 0.416 e. The predicted molar refractivity (Wildman–Crippen MR) is 158 cm³/mol. The van der Waals surface area contributed by atoms with Crippen LogP contribution in [0.4, 0.5) is 30.5 Å². The number of ether oxygens (including phenoxy) is 1. The number of hydrogen-bond acceptors (Lipinski definition) is 7. The van der Waals surface area contributed by atoms with Gasteiger partial charge < -0.3 is 25.3 Å². The summed E-state index contributed by atoms with van der Waals surface area (Å²) in [6.45, 7) is 2.19. The second-order valence-electron chi connectivity index (χ2n) is 10.6. The Hall–Kier alpha value is -2.81. The maximum atomic E-state index is 13.5. The van der Waals surface area contributed by atoms with Crippen molar-refractivity contribution in [2.45, 2.75) is 44.2 Å². The van der Waals surface area contributed by atoms with E-state index in [-0.39, 0.29) is 5.92 Å². The second-order valence-corrected chi connectivity index (χ2v) is 14.2. The number of anilines is 3. The van der Waals surface area contributed by atoms with Crippen LogP contribution in [0, 0.1) is 0 Å². The molecule has 0 radical (unpaired) electrons. The van der Waals surface area contributed by atoms with Crippen molar-refractivity contribution in [3.05, 3.63) is 64.4 Å². The first-order chi connectivity index (χ1) is 19.7. The number of aromatic nitrogens is 2. The van der Waals surface area contributed by atoms with Gasteiger partial charge in [-0.2, -0.15) is 13.2 Å². The number of rotatable bonds is 6. The van der Waals surface area contributed by atoms with Crippen LogP contribution >= 0.6 is 18.7 Å². The predicted octanol–water partition coefficient (Wildman–Crippen LogP) is 6.80. The molecule has 1 unspecified atom stereocenters. The molecule has 3 heterocycles. The molecule has 7 nitrogen and oxygen atoms in total. The Bertz CT molecular complexity index is 1430. The Kier molecular flexibility index (Phi) is 9.12. The van der Waals surface area contributed by atoms with Gasteiger partial charge in [0.1, 0.15) is 24.5 Å². The molecule has 2 aliphatic heterocycles. The lowest BCUT2D eigenvalue weighted by atomic mass is 9.90. The topological polar surface area (TPSA) is 88.2 Å². The van der Waals surface area contributed by atoms with Crippen LogP contribution in [0.2, 0.25) is 5.02 Å². The van der Waals surface area contributed by atoms with Crippen LogP contribution in [-0.4, -0.2) is 49.0 Å². The average molecular weight is 608 g/mol. The maximum absolute atomic E-state index is 13.5. The highest BCUT2D eigenvalue weighted by Gasteiger charge is 2.32. The minimum atomic E-state index is -4.45. The minimum Gasteiger partial charge on any atom is -0.495 e. The smallest absolute Gasteiger partial charge is 0.416 e. The molecule has 1 aromatic heterocycles. The van der Waals surface area contributed by atoms with Gasteiger partial charge in [-0.3, -0.25) is 0 Å². The van der Waals surface area contributed by atoms with Gasteiger partial charge in [0.15, 0.2) is 0 Å². The van der Waals surface area contributed by atoms with Gasteiger partial charge in [0.2, 0.25) is 0 Å². The Labute approximate surface area is 243 Å². The van der Waals surface area contributed by atoms with Crippen LogP contribution in [0.3, 0.4) is 0 Å². The largest absolute Gasteiger partial charge is 0.495 e. The van der Waals surface area contributed by atoms with E-state index in [2.05, 4.69) is 20.9 Å². The number of nitrogens with zero attached hydrogens (tertiary/aromatic N) is 2. The Morgan fingerprint density at radius 3 is 2.66 bits per heavy atom. The summed E-state index contributed by atoms with van der Waals surface area (Å²) in [6, 6.07) is 9.01. The molecule has 0 amide bonds. The van der Waals surface area contributed by atoms with Crippen molar-refractivity contribution in [3.8, 4) is 5.75 Å². The molecule has 1 fully saturated rings. The summed E-state index contributed by atoms with van der Waals surface area (Å²) in [7, 11) is -0.918. The fraction of sp³-hybridized carbons (Fsp3) is 0.448. The van der Waals surface area contributed by atoms with Crippen molar-refractivity contribution in [1.29, 1.82) is 0 Å². The molecule has 5 rings (SSSR count). The van der Waals surface area contributed by atoms with Crippen LogP contribution < -0.4 is 26.0 Å². The van der Waals surface area contributed by atoms with E-state index in [4.69, 9.17) is 21.3 Å². The van der Waals surface area contributed by atoms with Crippen LogP contribution in [-0.2, 0) is 17.2 Å². The molecule has 41 heavy (non-hydrogen) atoms. The highest BCUT2D eigenvalue weighted by Crippen LogP contribution is 2.46. The van der Waals surface area contributed by atoms with E-state index in [1.165, 1.54) is 6.07 Å². The number of hydrogen-bond donors (Lipinski definition) is 3. The van der Waals surface area contributed by atoms with Crippen molar-refractivity contribution < 1.29 is 22.5 Å². The molecule has 0 saturated carbocycles. The molecule has 0 spiro atoms. The molecule has 3 aromatic rings. The minimum absolute atomic E-state index is 0.194. The third-order valence-corrected chi connectivity index (χ3v) is 11.2. The highest BCUT2D eigenvalue weighted by molar-refractivity contribution is 7.71. The Morgan fingerprint density at radius 1 is 1.10 bits per heavy atom. The van der Waals surface area contributed by atoms with Gasteiger partial charge in [-0.05, 0) is 61.2 Å². The van der Waals surface area contributed by atoms with Gasteiger partial charge in [-0.1, -0.05) is 24.4 Å². The molecule has 1 atom stereocenters. The number of fused-ring (bicyclic) bond motifs is 1. The normalized spacial score (nSPS) is 19.2. The molecule has 12 heteroatoms. The molecule has 3 N–H and O–H groups in total. The monoisotopic (exact) mass is 607 g/mol. The zero-order chi connectivity index (χ0) is 29.0. The Balaban J connectivity index is 1.46. The first-order valence-electron chi connectivity index (χ1n) is 13.9. The van der Waals surface area contributed by atoms with E-state index in [1.807, 2.05) is 18.2 Å². The average Bonchev–Trinajstić information content (AvgIpc) is 3.04. The number of halogens is 4. The lowest BCUT2D eigenvalue weighted by molar-refractivity contribution is -0.137. The van der Waals surface area contributed by atoms with E-state index in [0.29, 0.717) is 58.1 Å². The molecule has 0 aliphatic carbocycles. The van der Waals surface area contributed by atoms with Crippen molar-refractivity contribution >= 4 is 41.4 Å². The second kappa shape index (κ2) is 12.6. The fourth-order valence-electron chi connectivity index (χ4n) is 5.48. The molecule has 1 saturated heterocycles. The summed E-state index contributed by atoms with van der Waals surface area (Å²) < 4.78 is 59.5. The highest BCUT2D eigenvalue weighted by atomic mass is 35.5. The zero-order valence-electron chi connectivity index (χ0n) is 22.9. The van der Waals surface area contributed by atoms with Gasteiger partial charge in [-0.25, -0.2) is 9.97 Å². The van der Waals surface area contributed by atoms with Crippen LogP contribution in [0.25, 0.3) is 0 Å². The SMILES string of the molecule is COc1cc(P2(=O)CCNCC2)ccc1Nc1cnc2c(n1)C(Cc1cc(C(F)(F)F)ccc1Cl)CCCCCN2. The van der Waals surface area contributed by atoms with Crippen molar-refractivity contribution in [2.24, 2.45) is 0 Å². The molecule has 220 valence electrons. The molecule has 2 aliphatic rings. The fourth-order valence-corrected chi connectivity index (χ4v) is 8.15. The standard InChI is InChI=1S/C29H34ClF3N5O2P/c1-40-25-17-22(41(39)13-11-34-12-14-41)7-9-24(25)37-26-18-36-28-27(38-26)19(5-3-2-4-10-35-28)15-20-16-21(29(31,32)33)6-8-23(20)30/h6-9,16-19,34H,2-5,10-15H2,1H3,(H,35,36)(H,37,38). The van der Waals surface area contributed by atoms with Crippen molar-refractivity contribution in [1.82, 2.24) is 15.3 Å². The first-order valence-corrected chi connectivity index (χ1v) is 16.3. The van der Waals surface area contributed by atoms with E-state index in [0.717, 1.165) is 62.8 Å². The summed E-state index contributed by atoms with van der Waals surface area (Å²) >= 11 is 6.38.